The van der Waals surface area contributed by atoms with E-state index in [2.05, 4.69) is 11.6 Å². The number of hydrogen-bond acceptors (Lipinski definition) is 2. The van der Waals surface area contributed by atoms with Crippen molar-refractivity contribution in [2.75, 3.05) is 0 Å². The zero-order chi connectivity index (χ0) is 11.6. The fourth-order valence-corrected chi connectivity index (χ4v) is 0.239. The zero-order valence-electron chi connectivity index (χ0n) is 5.92. The molecule has 0 aliphatic rings. The highest BCUT2D eigenvalue weighted by atomic mass is 35.5. The Bertz CT molecular complexity index is 234. The van der Waals surface area contributed by atoms with Crippen molar-refractivity contribution in [1.82, 2.24) is 0 Å². The largest absolute Gasteiger partial charge is 0.463 e. The maximum atomic E-state index is 11.8. The summed E-state index contributed by atoms with van der Waals surface area (Å²) in [5, 5.41) is 1.24. The standard InChI is InChI=1S/C4ClF7N2/c5-1(3(7,8)9)13-14-2(6)4(10,11)12/b13-1-,14-2-. The van der Waals surface area contributed by atoms with Crippen molar-refractivity contribution in [3.05, 3.63) is 0 Å². The maximum Gasteiger partial charge on any atom is 0.463 e. The van der Waals surface area contributed by atoms with E-state index in [1.807, 2.05) is 5.10 Å². The predicted octanol–water partition coefficient (Wildman–Crippen LogP) is 3.03. The van der Waals surface area contributed by atoms with E-state index in [0.717, 1.165) is 0 Å². The van der Waals surface area contributed by atoms with E-state index in [4.69, 9.17) is 0 Å². The van der Waals surface area contributed by atoms with E-state index in [9.17, 15) is 30.7 Å². The van der Waals surface area contributed by atoms with E-state index < -0.39 is 23.5 Å². The molecule has 0 bridgehead atoms. The fraction of sp³-hybridized carbons (Fsp3) is 0.500. The quantitative estimate of drug-likeness (QED) is 0.385. The maximum absolute atomic E-state index is 11.8. The smallest absolute Gasteiger partial charge is 0.178 e. The third kappa shape index (κ3) is 4.40. The summed E-state index contributed by atoms with van der Waals surface area (Å²) >= 11 is 4.33. The Labute approximate surface area is 77.1 Å². The first-order valence-corrected chi connectivity index (χ1v) is 3.04. The molecule has 10 heteroatoms. The summed E-state index contributed by atoms with van der Waals surface area (Å²) in [5.74, 6) is -3.01. The van der Waals surface area contributed by atoms with Crippen LogP contribution in [0.4, 0.5) is 30.7 Å². The van der Waals surface area contributed by atoms with Crippen LogP contribution >= 0.6 is 11.6 Å². The van der Waals surface area contributed by atoms with E-state index in [1.54, 1.807) is 5.10 Å². The van der Waals surface area contributed by atoms with Gasteiger partial charge in [0.25, 0.3) is 0 Å². The Kier molecular flexibility index (Phi) is 3.86. The summed E-state index contributed by atoms with van der Waals surface area (Å²) in [6.07, 6.45) is -10.6. The molecule has 0 spiro atoms. The normalized spacial score (nSPS) is 16.0. The van der Waals surface area contributed by atoms with Crippen molar-refractivity contribution in [2.24, 2.45) is 10.2 Å². The minimum Gasteiger partial charge on any atom is -0.178 e. The minimum atomic E-state index is -5.48. The summed E-state index contributed by atoms with van der Waals surface area (Å²) in [5.41, 5.74) is 0. The molecule has 0 saturated heterocycles. The van der Waals surface area contributed by atoms with Gasteiger partial charge in [0.1, 0.15) is 0 Å². The van der Waals surface area contributed by atoms with Crippen molar-refractivity contribution in [3.8, 4) is 0 Å². The van der Waals surface area contributed by atoms with Gasteiger partial charge in [0.05, 0.1) is 0 Å². The van der Waals surface area contributed by atoms with Crippen molar-refractivity contribution in [2.45, 2.75) is 12.4 Å². The molecular weight excluding hydrogens is 244 g/mol. The lowest BCUT2D eigenvalue weighted by Crippen LogP contribution is -2.19. The van der Waals surface area contributed by atoms with Crippen LogP contribution < -0.4 is 0 Å². The number of nitrogens with zero attached hydrogens (tertiary/aromatic N) is 2. The van der Waals surface area contributed by atoms with Crippen LogP contribution in [0.15, 0.2) is 10.2 Å². The lowest BCUT2D eigenvalue weighted by atomic mass is 10.7. The summed E-state index contributed by atoms with van der Waals surface area (Å²) in [7, 11) is 0. The van der Waals surface area contributed by atoms with Gasteiger partial charge < -0.3 is 0 Å². The van der Waals surface area contributed by atoms with Gasteiger partial charge in [-0.25, -0.2) is 0 Å². The molecule has 0 heterocycles. The van der Waals surface area contributed by atoms with Crippen LogP contribution in [0.2, 0.25) is 0 Å². The number of rotatable bonds is 1. The molecule has 2 nitrogen and oxygen atoms in total. The first-order valence-electron chi connectivity index (χ1n) is 2.66. The van der Waals surface area contributed by atoms with Crippen LogP contribution in [0.3, 0.4) is 0 Å². The van der Waals surface area contributed by atoms with Crippen LogP contribution in [0.25, 0.3) is 0 Å². The van der Waals surface area contributed by atoms with E-state index >= 15 is 0 Å². The molecule has 0 unspecified atom stereocenters. The highest BCUT2D eigenvalue weighted by molar-refractivity contribution is 6.66. The van der Waals surface area contributed by atoms with Gasteiger partial charge in [0.15, 0.2) is 0 Å². The highest BCUT2D eigenvalue weighted by Crippen LogP contribution is 2.21. The summed E-state index contributed by atoms with van der Waals surface area (Å²) in [6.45, 7) is 0. The van der Waals surface area contributed by atoms with Gasteiger partial charge in [0.2, 0.25) is 5.17 Å². The molecule has 0 aliphatic carbocycles. The van der Waals surface area contributed by atoms with Crippen molar-refractivity contribution < 1.29 is 30.7 Å². The Hall–Kier alpha value is -0.860. The van der Waals surface area contributed by atoms with E-state index in [1.165, 1.54) is 0 Å². The average Bonchev–Trinajstić information content (AvgIpc) is 1.95. The van der Waals surface area contributed by atoms with Crippen molar-refractivity contribution in [1.29, 1.82) is 0 Å². The lowest BCUT2D eigenvalue weighted by molar-refractivity contribution is -0.0679. The molecule has 0 fully saturated rings. The van der Waals surface area contributed by atoms with Crippen molar-refractivity contribution >= 4 is 22.7 Å². The Balaban J connectivity index is 4.73. The monoisotopic (exact) mass is 244 g/mol. The highest BCUT2D eigenvalue weighted by Gasteiger charge is 2.38. The van der Waals surface area contributed by atoms with Gasteiger partial charge in [-0.2, -0.15) is 30.7 Å². The minimum absolute atomic E-state index is 1.62. The Morgan fingerprint density at radius 2 is 1.29 bits per heavy atom. The Morgan fingerprint density at radius 3 is 1.57 bits per heavy atom. The van der Waals surface area contributed by atoms with Crippen LogP contribution in [-0.2, 0) is 0 Å². The van der Waals surface area contributed by atoms with Gasteiger partial charge in [-0.15, -0.1) is 10.2 Å². The second kappa shape index (κ2) is 4.11. The van der Waals surface area contributed by atoms with Crippen LogP contribution in [0, 0.1) is 0 Å². The topological polar surface area (TPSA) is 24.7 Å². The molecule has 14 heavy (non-hydrogen) atoms. The molecule has 0 rings (SSSR count). The predicted molar refractivity (Wildman–Crippen MR) is 33.9 cm³/mol. The third-order valence-corrected chi connectivity index (χ3v) is 0.983. The molecule has 0 saturated carbocycles. The van der Waals surface area contributed by atoms with Gasteiger partial charge in [0, 0.05) is 0 Å². The summed E-state index contributed by atoms with van der Waals surface area (Å²) in [6, 6.07) is 0. The number of halogens is 8. The zero-order valence-corrected chi connectivity index (χ0v) is 6.67. The molecule has 0 N–H and O–H groups in total. The molecule has 0 amide bonds. The molecule has 0 aliphatic heterocycles. The summed E-state index contributed by atoms with van der Waals surface area (Å²) < 4.78 is 80.0. The van der Waals surface area contributed by atoms with Gasteiger partial charge >= 0.3 is 18.3 Å². The first kappa shape index (κ1) is 13.1. The molecular formula is C4ClF7N2. The molecule has 0 aromatic carbocycles. The van der Waals surface area contributed by atoms with E-state index in [0.29, 0.717) is 0 Å². The number of alkyl halides is 6. The third-order valence-electron chi connectivity index (χ3n) is 0.693. The SMILES string of the molecule is F/C(=N\N=C(/Cl)C(F)(F)F)C(F)(F)F. The van der Waals surface area contributed by atoms with Crippen LogP contribution in [-0.4, -0.2) is 23.5 Å². The van der Waals surface area contributed by atoms with Gasteiger partial charge in [-0.1, -0.05) is 11.6 Å². The average molecular weight is 244 g/mol. The fourth-order valence-electron chi connectivity index (χ4n) is 0.201. The summed E-state index contributed by atoms with van der Waals surface area (Å²) in [4.78, 5) is 0. The van der Waals surface area contributed by atoms with Crippen molar-refractivity contribution in [3.63, 3.8) is 0 Å². The molecule has 0 aromatic heterocycles. The molecule has 82 valence electrons. The second-order valence-corrected chi connectivity index (χ2v) is 2.14. The second-order valence-electron chi connectivity index (χ2n) is 1.78. The number of hydrogen-bond donors (Lipinski definition) is 0. The first-order chi connectivity index (χ1) is 6.05. The molecule has 0 atom stereocenters. The Morgan fingerprint density at radius 1 is 0.857 bits per heavy atom. The van der Waals surface area contributed by atoms with Gasteiger partial charge in [-0.05, 0) is 0 Å². The van der Waals surface area contributed by atoms with Crippen LogP contribution in [0.5, 0.6) is 0 Å². The van der Waals surface area contributed by atoms with Crippen LogP contribution in [0.1, 0.15) is 0 Å². The van der Waals surface area contributed by atoms with E-state index in [-0.39, 0.29) is 0 Å². The molecule has 0 aromatic rings. The lowest BCUT2D eigenvalue weighted by Gasteiger charge is -2.01. The van der Waals surface area contributed by atoms with Gasteiger partial charge in [-0.3, -0.25) is 0 Å². The molecule has 0 radical (unpaired) electrons.